The quantitative estimate of drug-likeness (QED) is 0.213. The van der Waals surface area contributed by atoms with E-state index in [1.807, 2.05) is 36.4 Å². The smallest absolute Gasteiger partial charge is 0.475 e. The third-order valence-corrected chi connectivity index (χ3v) is 8.08. The number of alkyl halides is 3. The van der Waals surface area contributed by atoms with Gasteiger partial charge in [0.05, 0.1) is 17.3 Å². The number of amides is 1. The first-order valence-corrected chi connectivity index (χ1v) is 14.8. The molecule has 8 nitrogen and oxygen atoms in total. The monoisotopic (exact) mass is 627 g/mol. The van der Waals surface area contributed by atoms with Crippen LogP contribution in [0.15, 0.2) is 78.4 Å². The zero-order valence-electron chi connectivity index (χ0n) is 24.8. The number of hydrogen-bond acceptors (Lipinski definition) is 5. The third-order valence-electron chi connectivity index (χ3n) is 8.08. The molecule has 1 unspecified atom stereocenters. The standard InChI is InChI=1S/C33H31N5O.C2HF3O2/c34-20-24-14-16-38(17-15-24)22-25-8-6-23(7-9-25)11-13-31-28-12-10-26(19-32(28)37-36-31)18-29-30(21-35-33(29)39)27-4-2-1-3-5-27;3-2(4,5)1(6)7/h1-13,18-19,24,30H,14-17,21-22H2,(H,35,39)(H,36,37);(H,6,7)/b13-11+,29-18+;. The Morgan fingerprint density at radius 2 is 1.70 bits per heavy atom. The lowest BCUT2D eigenvalue weighted by molar-refractivity contribution is -0.192. The zero-order chi connectivity index (χ0) is 32.7. The Bertz CT molecular complexity index is 1780. The van der Waals surface area contributed by atoms with E-state index in [4.69, 9.17) is 15.2 Å². The van der Waals surface area contributed by atoms with Gasteiger partial charge in [0.15, 0.2) is 0 Å². The van der Waals surface area contributed by atoms with E-state index in [0.29, 0.717) is 6.54 Å². The van der Waals surface area contributed by atoms with Gasteiger partial charge in [-0.2, -0.15) is 23.5 Å². The SMILES string of the molecule is N#CC1CCN(Cc2ccc(/C=C/c3n[nH]c4cc(/C=C5/C(=O)NCC5c5ccccc5)ccc34)cc2)CC1.O=C(O)C(F)(F)F. The lowest BCUT2D eigenvalue weighted by Crippen LogP contribution is -2.32. The van der Waals surface area contributed by atoms with Crippen LogP contribution in [0.5, 0.6) is 0 Å². The predicted molar refractivity (Wildman–Crippen MR) is 169 cm³/mol. The van der Waals surface area contributed by atoms with Gasteiger partial charge in [-0.15, -0.1) is 0 Å². The first-order valence-electron chi connectivity index (χ1n) is 14.8. The third kappa shape index (κ3) is 8.08. The van der Waals surface area contributed by atoms with Crippen molar-refractivity contribution in [1.82, 2.24) is 20.4 Å². The number of benzene rings is 3. The number of hydrogen-bond donors (Lipinski definition) is 3. The van der Waals surface area contributed by atoms with E-state index in [-0.39, 0.29) is 17.7 Å². The van der Waals surface area contributed by atoms with Gasteiger partial charge in [0, 0.05) is 35.9 Å². The Hall–Kier alpha value is -5.21. The molecule has 3 aromatic carbocycles. The molecule has 2 fully saturated rings. The van der Waals surface area contributed by atoms with Gasteiger partial charge in [-0.25, -0.2) is 4.79 Å². The molecule has 236 valence electrons. The highest BCUT2D eigenvalue weighted by atomic mass is 19.4. The molecule has 2 saturated heterocycles. The number of carbonyl (C=O) groups excluding carboxylic acids is 1. The number of rotatable bonds is 6. The second-order valence-corrected chi connectivity index (χ2v) is 11.2. The van der Waals surface area contributed by atoms with Gasteiger partial charge in [-0.3, -0.25) is 14.8 Å². The summed E-state index contributed by atoms with van der Waals surface area (Å²) in [6, 6.07) is 27.4. The van der Waals surface area contributed by atoms with Crippen LogP contribution in [0.3, 0.4) is 0 Å². The maximum atomic E-state index is 12.6. The average molecular weight is 628 g/mol. The summed E-state index contributed by atoms with van der Waals surface area (Å²) in [6.07, 6.45) is 2.97. The number of carboxylic acid groups (broad SMARTS) is 1. The van der Waals surface area contributed by atoms with Crippen molar-refractivity contribution in [3.8, 4) is 6.07 Å². The fourth-order valence-corrected chi connectivity index (χ4v) is 5.56. The molecule has 1 amide bonds. The molecule has 0 bridgehead atoms. The lowest BCUT2D eigenvalue weighted by atomic mass is 9.92. The van der Waals surface area contributed by atoms with Crippen LogP contribution in [0.2, 0.25) is 0 Å². The van der Waals surface area contributed by atoms with Crippen LogP contribution in [0.4, 0.5) is 13.2 Å². The summed E-state index contributed by atoms with van der Waals surface area (Å²) in [4.78, 5) is 23.9. The van der Waals surface area contributed by atoms with E-state index in [0.717, 1.165) is 71.3 Å². The Morgan fingerprint density at radius 3 is 2.35 bits per heavy atom. The van der Waals surface area contributed by atoms with Crippen LogP contribution >= 0.6 is 0 Å². The summed E-state index contributed by atoms with van der Waals surface area (Å²) < 4.78 is 31.7. The molecule has 2 aliphatic rings. The molecule has 4 aromatic rings. The second kappa shape index (κ2) is 14.3. The molecule has 3 heterocycles. The maximum absolute atomic E-state index is 12.6. The van der Waals surface area contributed by atoms with Crippen molar-refractivity contribution in [2.45, 2.75) is 31.5 Å². The molecule has 1 atom stereocenters. The summed E-state index contributed by atoms with van der Waals surface area (Å²) in [5.41, 5.74) is 7.14. The number of aromatic nitrogens is 2. The first-order chi connectivity index (χ1) is 22.1. The van der Waals surface area contributed by atoms with Crippen LogP contribution in [0.1, 0.15) is 46.7 Å². The molecule has 2 aliphatic heterocycles. The summed E-state index contributed by atoms with van der Waals surface area (Å²) >= 11 is 0. The Labute approximate surface area is 263 Å². The molecule has 11 heteroatoms. The number of H-pyrrole nitrogens is 1. The van der Waals surface area contributed by atoms with E-state index in [1.54, 1.807) is 0 Å². The van der Waals surface area contributed by atoms with Crippen LogP contribution < -0.4 is 5.32 Å². The van der Waals surface area contributed by atoms with Gasteiger partial charge in [0.1, 0.15) is 0 Å². The summed E-state index contributed by atoms with van der Waals surface area (Å²) in [5.74, 6) is -2.49. The highest BCUT2D eigenvalue weighted by Gasteiger charge is 2.38. The van der Waals surface area contributed by atoms with Gasteiger partial charge >= 0.3 is 12.1 Å². The van der Waals surface area contributed by atoms with Gasteiger partial charge in [0.25, 0.3) is 0 Å². The van der Waals surface area contributed by atoms with Crippen molar-refractivity contribution in [1.29, 1.82) is 5.26 Å². The minimum atomic E-state index is -5.08. The summed E-state index contributed by atoms with van der Waals surface area (Å²) in [7, 11) is 0. The van der Waals surface area contributed by atoms with Crippen LogP contribution in [0, 0.1) is 17.2 Å². The number of nitriles is 1. The van der Waals surface area contributed by atoms with Gasteiger partial charge < -0.3 is 10.4 Å². The molecule has 0 saturated carbocycles. The van der Waals surface area contributed by atoms with Crippen molar-refractivity contribution in [2.24, 2.45) is 5.92 Å². The Kier molecular flexibility index (Phi) is 9.98. The molecule has 6 rings (SSSR count). The van der Waals surface area contributed by atoms with E-state index >= 15 is 0 Å². The van der Waals surface area contributed by atoms with Crippen molar-refractivity contribution in [3.63, 3.8) is 0 Å². The minimum Gasteiger partial charge on any atom is -0.475 e. The van der Waals surface area contributed by atoms with Crippen LogP contribution in [-0.2, 0) is 16.1 Å². The molecule has 0 radical (unpaired) electrons. The number of carboxylic acids is 1. The van der Waals surface area contributed by atoms with Gasteiger partial charge in [-0.1, -0.05) is 66.7 Å². The minimum absolute atomic E-state index is 0.00762. The number of aromatic amines is 1. The normalized spacial score (nSPS) is 18.3. The zero-order valence-corrected chi connectivity index (χ0v) is 24.8. The fourth-order valence-electron chi connectivity index (χ4n) is 5.56. The van der Waals surface area contributed by atoms with Crippen molar-refractivity contribution >= 4 is 41.0 Å². The number of likely N-dealkylation sites (tertiary alicyclic amines) is 1. The van der Waals surface area contributed by atoms with Crippen molar-refractivity contribution < 1.29 is 27.9 Å². The average Bonchev–Trinajstić information content (AvgIpc) is 3.63. The Balaban J connectivity index is 0.000000537. The summed E-state index contributed by atoms with van der Waals surface area (Å²) in [5, 5.41) is 27.9. The van der Waals surface area contributed by atoms with E-state index < -0.39 is 12.1 Å². The van der Waals surface area contributed by atoms with Crippen molar-refractivity contribution in [3.05, 3.63) is 106 Å². The number of carbonyl (C=O) groups is 2. The van der Waals surface area contributed by atoms with Gasteiger partial charge in [-0.05, 0) is 72.5 Å². The van der Waals surface area contributed by atoms with Crippen LogP contribution in [-0.4, -0.2) is 57.9 Å². The maximum Gasteiger partial charge on any atom is 0.490 e. The topological polar surface area (TPSA) is 122 Å². The number of fused-ring (bicyclic) bond motifs is 1. The fraction of sp³-hybridized carbons (Fsp3) is 0.257. The largest absolute Gasteiger partial charge is 0.490 e. The van der Waals surface area contributed by atoms with Gasteiger partial charge in [0.2, 0.25) is 5.91 Å². The highest BCUT2D eigenvalue weighted by molar-refractivity contribution is 6.02. The predicted octanol–water partition coefficient (Wildman–Crippen LogP) is 6.40. The number of nitrogens with zero attached hydrogens (tertiary/aromatic N) is 3. The second-order valence-electron chi connectivity index (χ2n) is 11.2. The molecule has 0 spiro atoms. The van der Waals surface area contributed by atoms with E-state index in [9.17, 15) is 18.0 Å². The molecule has 1 aromatic heterocycles. The van der Waals surface area contributed by atoms with Crippen molar-refractivity contribution in [2.75, 3.05) is 19.6 Å². The van der Waals surface area contributed by atoms with E-state index in [2.05, 4.69) is 81.1 Å². The lowest BCUT2D eigenvalue weighted by Gasteiger charge is -2.28. The van der Waals surface area contributed by atoms with E-state index in [1.165, 1.54) is 5.56 Å². The molecule has 3 N–H and O–H groups in total. The number of halogens is 3. The highest BCUT2D eigenvalue weighted by Crippen LogP contribution is 2.31. The molecule has 46 heavy (non-hydrogen) atoms. The molecule has 0 aliphatic carbocycles. The van der Waals surface area contributed by atoms with Crippen LogP contribution in [0.25, 0.3) is 29.1 Å². The first kappa shape index (κ1) is 32.2. The number of piperidine rings is 1. The number of nitrogens with one attached hydrogen (secondary N) is 2. The summed E-state index contributed by atoms with van der Waals surface area (Å²) in [6.45, 7) is 3.54. The molecular weight excluding hydrogens is 595 g/mol. The number of aliphatic carboxylic acids is 1. The Morgan fingerprint density at radius 1 is 1.02 bits per heavy atom. The molecular formula is C35H32F3N5O3.